The van der Waals surface area contributed by atoms with Gasteiger partial charge < -0.3 is 10.2 Å². The molecule has 0 radical (unpaired) electrons. The molecular weight excluding hydrogens is 254 g/mol. The number of amides is 1. The predicted octanol–water partition coefficient (Wildman–Crippen LogP) is 1.78. The first-order valence-electron chi connectivity index (χ1n) is 7.32. The standard InChI is InChI=1S/C14H27N5O/c1-10(2)12-16-13(18-17-12)14(20)15-8-6-7-9-19(5)11(3)4/h10-11H,6-9H2,1-5H3,(H,15,20)(H,16,17,18). The third-order valence-electron chi connectivity index (χ3n) is 3.36. The van der Waals surface area contributed by atoms with Crippen LogP contribution in [0.5, 0.6) is 0 Å². The smallest absolute Gasteiger partial charge is 0.290 e. The minimum absolute atomic E-state index is 0.203. The molecule has 0 aromatic carbocycles. The van der Waals surface area contributed by atoms with Gasteiger partial charge in [0.05, 0.1) is 0 Å². The van der Waals surface area contributed by atoms with Crippen LogP contribution in [-0.2, 0) is 0 Å². The summed E-state index contributed by atoms with van der Waals surface area (Å²) in [4.78, 5) is 18.3. The largest absolute Gasteiger partial charge is 0.349 e. The van der Waals surface area contributed by atoms with E-state index >= 15 is 0 Å². The van der Waals surface area contributed by atoms with E-state index in [4.69, 9.17) is 0 Å². The van der Waals surface area contributed by atoms with Gasteiger partial charge in [0.2, 0.25) is 5.82 Å². The number of unbranched alkanes of at least 4 members (excludes halogenated alkanes) is 1. The number of hydrogen-bond donors (Lipinski definition) is 2. The molecule has 0 aliphatic carbocycles. The van der Waals surface area contributed by atoms with Gasteiger partial charge in [-0.15, -0.1) is 5.10 Å². The molecule has 0 fully saturated rings. The van der Waals surface area contributed by atoms with Crippen LogP contribution in [0.4, 0.5) is 0 Å². The van der Waals surface area contributed by atoms with E-state index in [9.17, 15) is 4.79 Å². The van der Waals surface area contributed by atoms with E-state index < -0.39 is 0 Å². The zero-order valence-corrected chi connectivity index (χ0v) is 13.2. The van der Waals surface area contributed by atoms with Crippen molar-refractivity contribution in [3.05, 3.63) is 11.6 Å². The number of aromatic amines is 1. The number of aromatic nitrogens is 3. The average molecular weight is 281 g/mol. The molecule has 0 bridgehead atoms. The number of carbonyl (C=O) groups excluding carboxylic acids is 1. The quantitative estimate of drug-likeness (QED) is 0.712. The van der Waals surface area contributed by atoms with Crippen molar-refractivity contribution < 1.29 is 4.79 Å². The first-order chi connectivity index (χ1) is 9.41. The summed E-state index contributed by atoms with van der Waals surface area (Å²) in [6, 6.07) is 0.562. The highest BCUT2D eigenvalue weighted by molar-refractivity contribution is 5.90. The Hall–Kier alpha value is -1.43. The molecule has 1 amide bonds. The Labute approximate surface area is 121 Å². The lowest BCUT2D eigenvalue weighted by molar-refractivity contribution is 0.0942. The molecule has 0 aliphatic rings. The van der Waals surface area contributed by atoms with E-state index in [2.05, 4.69) is 46.3 Å². The van der Waals surface area contributed by atoms with Crippen LogP contribution in [0.3, 0.4) is 0 Å². The zero-order valence-electron chi connectivity index (χ0n) is 13.2. The number of carbonyl (C=O) groups is 1. The van der Waals surface area contributed by atoms with Gasteiger partial charge in [0, 0.05) is 18.5 Å². The fourth-order valence-corrected chi connectivity index (χ4v) is 1.66. The molecule has 6 nitrogen and oxygen atoms in total. The van der Waals surface area contributed by atoms with Crippen LogP contribution in [0.1, 0.15) is 62.9 Å². The number of nitrogens with zero attached hydrogens (tertiary/aromatic N) is 3. The monoisotopic (exact) mass is 281 g/mol. The van der Waals surface area contributed by atoms with E-state index in [-0.39, 0.29) is 17.6 Å². The topological polar surface area (TPSA) is 73.9 Å². The maximum Gasteiger partial charge on any atom is 0.290 e. The fourth-order valence-electron chi connectivity index (χ4n) is 1.66. The Morgan fingerprint density at radius 1 is 1.30 bits per heavy atom. The molecule has 1 aromatic heterocycles. The molecule has 20 heavy (non-hydrogen) atoms. The molecule has 6 heteroatoms. The molecule has 1 heterocycles. The molecular formula is C14H27N5O. The van der Waals surface area contributed by atoms with Crippen molar-refractivity contribution >= 4 is 5.91 Å². The molecule has 0 atom stereocenters. The average Bonchev–Trinajstić information content (AvgIpc) is 2.87. The summed E-state index contributed by atoms with van der Waals surface area (Å²) < 4.78 is 0. The van der Waals surface area contributed by atoms with Gasteiger partial charge in [-0.1, -0.05) is 13.8 Å². The molecule has 0 spiro atoms. The molecule has 0 aliphatic heterocycles. The second-order valence-corrected chi connectivity index (χ2v) is 5.74. The van der Waals surface area contributed by atoms with E-state index in [1.165, 1.54) is 0 Å². The number of hydrogen-bond acceptors (Lipinski definition) is 4. The summed E-state index contributed by atoms with van der Waals surface area (Å²) in [5.41, 5.74) is 0. The maximum absolute atomic E-state index is 11.8. The normalized spacial score (nSPS) is 11.6. The third kappa shape index (κ3) is 5.28. The Bertz CT molecular complexity index is 413. The minimum Gasteiger partial charge on any atom is -0.349 e. The summed E-state index contributed by atoms with van der Waals surface area (Å²) in [5, 5.41) is 9.57. The van der Waals surface area contributed by atoms with Crippen LogP contribution in [0, 0.1) is 0 Å². The van der Waals surface area contributed by atoms with Gasteiger partial charge in [0.15, 0.2) is 0 Å². The SMILES string of the molecule is CC(C)c1nc(C(=O)NCCCCN(C)C(C)C)n[nH]1. The number of H-pyrrole nitrogens is 1. The first kappa shape index (κ1) is 16.6. The molecule has 0 unspecified atom stereocenters. The summed E-state index contributed by atoms with van der Waals surface area (Å²) in [5.74, 6) is 1.02. The van der Waals surface area contributed by atoms with Crippen LogP contribution in [-0.4, -0.2) is 52.2 Å². The van der Waals surface area contributed by atoms with Crippen LogP contribution < -0.4 is 5.32 Å². The maximum atomic E-state index is 11.8. The Morgan fingerprint density at radius 3 is 2.55 bits per heavy atom. The van der Waals surface area contributed by atoms with Crippen molar-refractivity contribution in [1.82, 2.24) is 25.4 Å². The van der Waals surface area contributed by atoms with E-state index in [0.717, 1.165) is 25.2 Å². The van der Waals surface area contributed by atoms with E-state index in [1.54, 1.807) is 0 Å². The predicted molar refractivity (Wildman–Crippen MR) is 79.8 cm³/mol. The van der Waals surface area contributed by atoms with Gasteiger partial charge in [0.25, 0.3) is 5.91 Å². The van der Waals surface area contributed by atoms with Crippen molar-refractivity contribution in [1.29, 1.82) is 0 Å². The van der Waals surface area contributed by atoms with Crippen molar-refractivity contribution in [2.24, 2.45) is 0 Å². The highest BCUT2D eigenvalue weighted by Gasteiger charge is 2.13. The second-order valence-electron chi connectivity index (χ2n) is 5.74. The highest BCUT2D eigenvalue weighted by Crippen LogP contribution is 2.07. The summed E-state index contributed by atoms with van der Waals surface area (Å²) in [7, 11) is 2.12. The fraction of sp³-hybridized carbons (Fsp3) is 0.786. The first-order valence-corrected chi connectivity index (χ1v) is 7.32. The van der Waals surface area contributed by atoms with Gasteiger partial charge in [-0.2, -0.15) is 0 Å². The van der Waals surface area contributed by atoms with E-state index in [1.807, 2.05) is 13.8 Å². The van der Waals surface area contributed by atoms with Gasteiger partial charge in [-0.3, -0.25) is 9.89 Å². The summed E-state index contributed by atoms with van der Waals surface area (Å²) in [6.45, 7) is 10.1. The molecule has 114 valence electrons. The van der Waals surface area contributed by atoms with Crippen molar-refractivity contribution in [2.75, 3.05) is 20.1 Å². The van der Waals surface area contributed by atoms with Crippen LogP contribution in [0.2, 0.25) is 0 Å². The third-order valence-corrected chi connectivity index (χ3v) is 3.36. The van der Waals surface area contributed by atoms with Gasteiger partial charge in [0.1, 0.15) is 5.82 Å². The molecule has 2 N–H and O–H groups in total. The Balaban J connectivity index is 2.23. The van der Waals surface area contributed by atoms with Gasteiger partial charge in [-0.25, -0.2) is 4.98 Å². The number of nitrogens with one attached hydrogen (secondary N) is 2. The van der Waals surface area contributed by atoms with Crippen molar-refractivity contribution in [3.63, 3.8) is 0 Å². The molecule has 1 rings (SSSR count). The Kier molecular flexibility index (Phi) is 6.64. The lowest BCUT2D eigenvalue weighted by Gasteiger charge is -2.20. The van der Waals surface area contributed by atoms with Crippen LogP contribution in [0.25, 0.3) is 0 Å². The zero-order chi connectivity index (χ0) is 15.1. The van der Waals surface area contributed by atoms with Crippen LogP contribution in [0.15, 0.2) is 0 Å². The van der Waals surface area contributed by atoms with Crippen LogP contribution >= 0.6 is 0 Å². The van der Waals surface area contributed by atoms with Gasteiger partial charge in [-0.05, 0) is 40.3 Å². The van der Waals surface area contributed by atoms with Crippen molar-refractivity contribution in [3.8, 4) is 0 Å². The lowest BCUT2D eigenvalue weighted by Crippen LogP contribution is -2.29. The highest BCUT2D eigenvalue weighted by atomic mass is 16.2. The summed E-state index contributed by atoms with van der Waals surface area (Å²) >= 11 is 0. The van der Waals surface area contributed by atoms with Gasteiger partial charge >= 0.3 is 0 Å². The molecule has 1 aromatic rings. The van der Waals surface area contributed by atoms with E-state index in [0.29, 0.717) is 12.6 Å². The van der Waals surface area contributed by atoms with Crippen molar-refractivity contribution in [2.45, 2.75) is 52.5 Å². The molecule has 0 saturated carbocycles. The summed E-state index contributed by atoms with van der Waals surface area (Å²) in [6.07, 6.45) is 2.03. The minimum atomic E-state index is -0.203. The molecule has 0 saturated heterocycles. The Morgan fingerprint density at radius 2 is 2.00 bits per heavy atom. The second kappa shape index (κ2) is 7.99. The lowest BCUT2D eigenvalue weighted by atomic mass is 10.2. The number of rotatable bonds is 8.